The largest absolute Gasteiger partial charge is 0.492 e. The van der Waals surface area contributed by atoms with E-state index in [1.54, 1.807) is 7.11 Å². The Hall–Kier alpha value is -0.860. The van der Waals surface area contributed by atoms with E-state index >= 15 is 0 Å². The molecular formula is C14H24F3NO4. The fourth-order valence-corrected chi connectivity index (χ4v) is 2.41. The summed E-state index contributed by atoms with van der Waals surface area (Å²) in [6, 6.07) is 0. The van der Waals surface area contributed by atoms with Crippen LogP contribution < -0.4 is 0 Å². The second-order valence-corrected chi connectivity index (χ2v) is 5.47. The summed E-state index contributed by atoms with van der Waals surface area (Å²) in [5.41, 5.74) is 0. The molecule has 0 saturated carbocycles. The second-order valence-electron chi connectivity index (χ2n) is 5.47. The monoisotopic (exact) mass is 327 g/mol. The first-order chi connectivity index (χ1) is 10.4. The lowest BCUT2D eigenvalue weighted by Gasteiger charge is -2.31. The molecule has 1 aliphatic rings. The van der Waals surface area contributed by atoms with E-state index in [1.807, 2.05) is 6.92 Å². The highest BCUT2D eigenvalue weighted by Gasteiger charge is 2.43. The predicted molar refractivity (Wildman–Crippen MR) is 73.0 cm³/mol. The van der Waals surface area contributed by atoms with E-state index in [4.69, 9.17) is 9.47 Å². The number of halogens is 3. The Morgan fingerprint density at radius 1 is 1.41 bits per heavy atom. The summed E-state index contributed by atoms with van der Waals surface area (Å²) in [7, 11) is 1.60. The topological polar surface area (TPSA) is 48.0 Å². The van der Waals surface area contributed by atoms with E-state index in [0.717, 1.165) is 24.3 Å². The van der Waals surface area contributed by atoms with Gasteiger partial charge in [-0.15, -0.1) is 5.06 Å². The molecule has 5 nitrogen and oxygen atoms in total. The van der Waals surface area contributed by atoms with Crippen LogP contribution in [0.15, 0.2) is 0 Å². The van der Waals surface area contributed by atoms with Gasteiger partial charge in [-0.3, -0.25) is 0 Å². The van der Waals surface area contributed by atoms with Gasteiger partial charge in [-0.1, -0.05) is 13.3 Å². The van der Waals surface area contributed by atoms with Gasteiger partial charge in [0.25, 0.3) is 0 Å². The number of carbonyl (C=O) groups excluding carboxylic acids is 1. The number of ether oxygens (including phenoxy) is 2. The molecule has 8 heteroatoms. The van der Waals surface area contributed by atoms with Gasteiger partial charge in [0.15, 0.2) is 0 Å². The summed E-state index contributed by atoms with van der Waals surface area (Å²) in [5.74, 6) is -2.12. The summed E-state index contributed by atoms with van der Waals surface area (Å²) in [5, 5.41) is 1.08. The average Bonchev–Trinajstić information content (AvgIpc) is 2.44. The molecule has 130 valence electrons. The third-order valence-electron chi connectivity index (χ3n) is 3.46. The van der Waals surface area contributed by atoms with E-state index in [-0.39, 0.29) is 18.6 Å². The molecule has 1 fully saturated rings. The number of hydrogen-bond acceptors (Lipinski definition) is 5. The Labute approximate surface area is 128 Å². The molecule has 1 aliphatic heterocycles. The van der Waals surface area contributed by atoms with Gasteiger partial charge < -0.3 is 14.3 Å². The highest BCUT2D eigenvalue weighted by molar-refractivity contribution is 5.75. The van der Waals surface area contributed by atoms with Crippen molar-refractivity contribution < 1.29 is 32.3 Å². The summed E-state index contributed by atoms with van der Waals surface area (Å²) in [6.45, 7) is 3.54. The summed E-state index contributed by atoms with van der Waals surface area (Å²) in [4.78, 5) is 15.2. The first-order valence-electron chi connectivity index (χ1n) is 7.51. The zero-order valence-corrected chi connectivity index (χ0v) is 13.0. The molecule has 0 aromatic carbocycles. The molecule has 2 unspecified atom stereocenters. The first-order valence-corrected chi connectivity index (χ1v) is 7.51. The lowest BCUT2D eigenvalue weighted by atomic mass is 10.0. The Bertz CT molecular complexity index is 333. The van der Waals surface area contributed by atoms with Crippen LogP contribution in [0.2, 0.25) is 0 Å². The first kappa shape index (κ1) is 19.2. The second kappa shape index (κ2) is 9.32. The number of rotatable bonds is 8. The molecule has 0 amide bonds. The van der Waals surface area contributed by atoms with Crippen molar-refractivity contribution >= 4 is 5.97 Å². The van der Waals surface area contributed by atoms with Gasteiger partial charge in [-0.05, 0) is 25.2 Å². The summed E-state index contributed by atoms with van der Waals surface area (Å²) in [6.07, 6.45) is -1.63. The van der Waals surface area contributed by atoms with Gasteiger partial charge in [0.05, 0.1) is 19.3 Å². The fraction of sp³-hybridized carbons (Fsp3) is 0.929. The maximum Gasteiger partial charge on any atom is 0.492 e. The number of carbonyl (C=O) groups is 1. The molecular weight excluding hydrogens is 303 g/mol. The van der Waals surface area contributed by atoms with Crippen LogP contribution in [0.1, 0.15) is 32.6 Å². The molecule has 2 atom stereocenters. The third kappa shape index (κ3) is 6.93. The number of alkyl halides is 3. The number of nitrogens with zero attached hydrogens (tertiary/aromatic N) is 1. The van der Waals surface area contributed by atoms with Crippen LogP contribution in [0.5, 0.6) is 0 Å². The number of methoxy groups -OCH3 is 1. The molecule has 0 N–H and O–H groups in total. The summed E-state index contributed by atoms with van der Waals surface area (Å²) < 4.78 is 47.4. The normalized spacial score (nSPS) is 21.6. The number of piperidine rings is 1. The van der Waals surface area contributed by atoms with Gasteiger partial charge in [-0.2, -0.15) is 13.2 Å². The molecule has 0 aromatic heterocycles. The van der Waals surface area contributed by atoms with E-state index in [1.165, 1.54) is 0 Å². The van der Waals surface area contributed by atoms with Crippen molar-refractivity contribution in [1.29, 1.82) is 0 Å². The van der Waals surface area contributed by atoms with Gasteiger partial charge >= 0.3 is 12.1 Å². The standard InChI is InChI=1S/C14H24F3NO4/c1-3-5-12(10-20-2)21-9-11-6-4-7-18(8-11)22-13(19)14(15,16)17/h11-12H,3-10H2,1-2H3. The highest BCUT2D eigenvalue weighted by atomic mass is 19.4. The molecule has 0 aliphatic carbocycles. The maximum atomic E-state index is 12.2. The van der Waals surface area contributed by atoms with Crippen LogP contribution in [-0.2, 0) is 19.1 Å². The Kier molecular flexibility index (Phi) is 8.13. The van der Waals surface area contributed by atoms with Crippen molar-refractivity contribution in [3.05, 3.63) is 0 Å². The molecule has 0 radical (unpaired) electrons. The van der Waals surface area contributed by atoms with Crippen molar-refractivity contribution in [2.24, 2.45) is 5.92 Å². The Morgan fingerprint density at radius 3 is 2.73 bits per heavy atom. The quantitative estimate of drug-likeness (QED) is 0.686. The smallest absolute Gasteiger partial charge is 0.382 e. The minimum atomic E-state index is -4.96. The van der Waals surface area contributed by atoms with Gasteiger partial charge in [0.1, 0.15) is 0 Å². The van der Waals surface area contributed by atoms with E-state index in [2.05, 4.69) is 4.84 Å². The SMILES string of the molecule is CCCC(COC)OCC1CCCN(OC(=O)C(F)(F)F)C1. The third-order valence-corrected chi connectivity index (χ3v) is 3.46. The van der Waals surface area contributed by atoms with Crippen molar-refractivity contribution in [3.63, 3.8) is 0 Å². The lowest BCUT2D eigenvalue weighted by Crippen LogP contribution is -2.42. The molecule has 0 spiro atoms. The van der Waals surface area contributed by atoms with Crippen LogP contribution in [0.25, 0.3) is 0 Å². The molecule has 22 heavy (non-hydrogen) atoms. The van der Waals surface area contributed by atoms with Crippen molar-refractivity contribution in [2.75, 3.05) is 33.4 Å². The van der Waals surface area contributed by atoms with Crippen molar-refractivity contribution in [3.8, 4) is 0 Å². The number of hydrogen-bond donors (Lipinski definition) is 0. The van der Waals surface area contributed by atoms with E-state index < -0.39 is 12.1 Å². The van der Waals surface area contributed by atoms with Gasteiger partial charge in [-0.25, -0.2) is 4.79 Å². The molecule has 1 rings (SSSR count). The van der Waals surface area contributed by atoms with Crippen LogP contribution in [0.4, 0.5) is 13.2 Å². The Morgan fingerprint density at radius 2 is 2.14 bits per heavy atom. The highest BCUT2D eigenvalue weighted by Crippen LogP contribution is 2.22. The number of hydroxylamine groups is 2. The van der Waals surface area contributed by atoms with Crippen LogP contribution in [0.3, 0.4) is 0 Å². The van der Waals surface area contributed by atoms with Crippen molar-refractivity contribution in [1.82, 2.24) is 5.06 Å². The fourth-order valence-electron chi connectivity index (χ4n) is 2.41. The Balaban J connectivity index is 2.38. The van der Waals surface area contributed by atoms with Gasteiger partial charge in [0.2, 0.25) is 0 Å². The van der Waals surface area contributed by atoms with Crippen LogP contribution in [-0.4, -0.2) is 56.7 Å². The molecule has 1 saturated heterocycles. The lowest BCUT2D eigenvalue weighted by molar-refractivity contribution is -0.244. The van der Waals surface area contributed by atoms with Crippen LogP contribution >= 0.6 is 0 Å². The molecule has 0 aromatic rings. The zero-order chi connectivity index (χ0) is 16.6. The van der Waals surface area contributed by atoms with Gasteiger partial charge in [0, 0.05) is 20.2 Å². The van der Waals surface area contributed by atoms with Crippen molar-refractivity contribution in [2.45, 2.75) is 44.9 Å². The van der Waals surface area contributed by atoms with E-state index in [9.17, 15) is 18.0 Å². The molecule has 0 bridgehead atoms. The zero-order valence-electron chi connectivity index (χ0n) is 13.0. The summed E-state index contributed by atoms with van der Waals surface area (Å²) >= 11 is 0. The van der Waals surface area contributed by atoms with E-state index in [0.29, 0.717) is 26.2 Å². The average molecular weight is 327 g/mol. The minimum absolute atomic E-state index is 0.0110. The maximum absolute atomic E-state index is 12.2. The minimum Gasteiger partial charge on any atom is -0.382 e. The van der Waals surface area contributed by atoms with Crippen LogP contribution in [0, 0.1) is 5.92 Å². The molecule has 1 heterocycles. The predicted octanol–water partition coefficient (Wildman–Crippen LogP) is 2.55.